The fourth-order valence-corrected chi connectivity index (χ4v) is 3.52. The molecule has 0 aromatic heterocycles. The highest BCUT2D eigenvalue weighted by Crippen LogP contribution is 2.31. The second-order valence-electron chi connectivity index (χ2n) is 8.31. The van der Waals surface area contributed by atoms with E-state index in [4.69, 9.17) is 14.3 Å². The maximum atomic E-state index is 12.7. The molecule has 0 radical (unpaired) electrons. The molecule has 29 heavy (non-hydrogen) atoms. The minimum absolute atomic E-state index is 0.0553. The van der Waals surface area contributed by atoms with Crippen LogP contribution in [0.5, 0.6) is 0 Å². The molecule has 1 N–H and O–H groups in total. The molecule has 2 rings (SSSR count). The molecule has 1 aliphatic rings. The van der Waals surface area contributed by atoms with Gasteiger partial charge in [-0.1, -0.05) is 69.9 Å². The van der Waals surface area contributed by atoms with Crippen LogP contribution in [-0.2, 0) is 30.5 Å². The summed E-state index contributed by atoms with van der Waals surface area (Å²) in [5.74, 6) is -0.253. The molecular formula is C23H35NO5. The predicted molar refractivity (Wildman–Crippen MR) is 110 cm³/mol. The molecule has 0 aliphatic heterocycles. The number of esters is 1. The van der Waals surface area contributed by atoms with E-state index in [0.29, 0.717) is 24.9 Å². The minimum atomic E-state index is -0.543. The van der Waals surface area contributed by atoms with Crippen LogP contribution in [0.1, 0.15) is 64.9 Å². The Morgan fingerprint density at radius 1 is 1.10 bits per heavy atom. The molecule has 1 aromatic rings. The normalized spacial score (nSPS) is 16.6. The number of rotatable bonds is 12. The molecule has 6 nitrogen and oxygen atoms in total. The maximum absolute atomic E-state index is 12.7. The number of hydrogen-bond donors (Lipinski definition) is 1. The van der Waals surface area contributed by atoms with E-state index in [9.17, 15) is 9.59 Å². The molecule has 0 bridgehead atoms. The van der Waals surface area contributed by atoms with Crippen LogP contribution in [0, 0.1) is 17.8 Å². The quantitative estimate of drug-likeness (QED) is 0.317. The van der Waals surface area contributed by atoms with Crippen molar-refractivity contribution in [2.45, 2.75) is 72.2 Å². The van der Waals surface area contributed by atoms with E-state index in [2.05, 4.69) is 5.48 Å². The predicted octanol–water partition coefficient (Wildman–Crippen LogP) is 4.38. The second-order valence-corrected chi connectivity index (χ2v) is 8.31. The van der Waals surface area contributed by atoms with Crippen molar-refractivity contribution < 1.29 is 23.9 Å². The van der Waals surface area contributed by atoms with E-state index < -0.39 is 12.2 Å². The van der Waals surface area contributed by atoms with Crippen molar-refractivity contribution in [3.05, 3.63) is 35.9 Å². The van der Waals surface area contributed by atoms with Crippen molar-refractivity contribution in [2.24, 2.45) is 17.8 Å². The maximum Gasteiger partial charge on any atom is 0.306 e. The summed E-state index contributed by atoms with van der Waals surface area (Å²) in [4.78, 5) is 30.4. The molecule has 0 spiro atoms. The van der Waals surface area contributed by atoms with Crippen LogP contribution < -0.4 is 5.48 Å². The van der Waals surface area contributed by atoms with Crippen molar-refractivity contribution >= 4 is 11.9 Å². The zero-order valence-corrected chi connectivity index (χ0v) is 17.9. The fraction of sp³-hybridized carbons (Fsp3) is 0.652. The van der Waals surface area contributed by atoms with Crippen molar-refractivity contribution in [3.63, 3.8) is 0 Å². The van der Waals surface area contributed by atoms with Crippen LogP contribution in [-0.4, -0.2) is 24.8 Å². The molecule has 0 heterocycles. The summed E-state index contributed by atoms with van der Waals surface area (Å²) in [6, 6.07) is 9.53. The van der Waals surface area contributed by atoms with E-state index in [-0.39, 0.29) is 24.9 Å². The first-order chi connectivity index (χ1) is 13.9. The molecular weight excluding hydrogens is 370 g/mol. The molecule has 1 unspecified atom stereocenters. The summed E-state index contributed by atoms with van der Waals surface area (Å²) in [5.41, 5.74) is 3.42. The summed E-state index contributed by atoms with van der Waals surface area (Å²) in [7, 11) is 0. The van der Waals surface area contributed by atoms with Gasteiger partial charge in [0.25, 0.3) is 0 Å². The van der Waals surface area contributed by atoms with Gasteiger partial charge in [-0.2, -0.15) is 0 Å². The minimum Gasteiger partial charge on any atom is -0.461 e. The van der Waals surface area contributed by atoms with Gasteiger partial charge in [0.1, 0.15) is 6.61 Å². The lowest BCUT2D eigenvalue weighted by molar-refractivity contribution is -0.186. The third-order valence-corrected chi connectivity index (χ3v) is 5.11. The smallest absolute Gasteiger partial charge is 0.306 e. The third kappa shape index (κ3) is 9.41. The van der Waals surface area contributed by atoms with Crippen LogP contribution in [0.25, 0.3) is 0 Å². The molecule has 1 fully saturated rings. The fourth-order valence-electron chi connectivity index (χ4n) is 3.52. The molecule has 1 aliphatic carbocycles. The van der Waals surface area contributed by atoms with Gasteiger partial charge in [-0.15, -0.1) is 0 Å². The first kappa shape index (κ1) is 23.4. The SMILES string of the molecule is CC(C)COC(C)ONC(=O)[C@@H](CC(=O)OCc1ccccc1)CC1CCCC1. The van der Waals surface area contributed by atoms with Crippen molar-refractivity contribution in [2.75, 3.05) is 6.61 Å². The van der Waals surface area contributed by atoms with E-state index in [0.717, 1.165) is 18.4 Å². The zero-order valence-electron chi connectivity index (χ0n) is 17.9. The van der Waals surface area contributed by atoms with Crippen LogP contribution in [0.15, 0.2) is 30.3 Å². The van der Waals surface area contributed by atoms with Gasteiger partial charge in [-0.3, -0.25) is 9.59 Å². The van der Waals surface area contributed by atoms with Gasteiger partial charge in [0, 0.05) is 0 Å². The van der Waals surface area contributed by atoms with Crippen molar-refractivity contribution in [1.29, 1.82) is 0 Å². The van der Waals surface area contributed by atoms with Crippen LogP contribution in [0.2, 0.25) is 0 Å². The second kappa shape index (κ2) is 12.6. The Kier molecular flexibility index (Phi) is 10.2. The number of ether oxygens (including phenoxy) is 2. The van der Waals surface area contributed by atoms with Gasteiger partial charge in [0.2, 0.25) is 5.91 Å². The highest BCUT2D eigenvalue weighted by molar-refractivity contribution is 5.83. The number of amides is 1. The van der Waals surface area contributed by atoms with Gasteiger partial charge in [-0.05, 0) is 30.7 Å². The lowest BCUT2D eigenvalue weighted by Gasteiger charge is -2.21. The Labute approximate surface area is 174 Å². The summed E-state index contributed by atoms with van der Waals surface area (Å²) >= 11 is 0. The number of benzene rings is 1. The number of hydroxylamine groups is 1. The third-order valence-electron chi connectivity index (χ3n) is 5.11. The highest BCUT2D eigenvalue weighted by Gasteiger charge is 2.28. The van der Waals surface area contributed by atoms with Crippen molar-refractivity contribution in [1.82, 2.24) is 5.48 Å². The molecule has 1 aromatic carbocycles. The largest absolute Gasteiger partial charge is 0.461 e. The highest BCUT2D eigenvalue weighted by atomic mass is 16.8. The van der Waals surface area contributed by atoms with E-state index >= 15 is 0 Å². The molecule has 1 saturated carbocycles. The number of carbonyl (C=O) groups excluding carboxylic acids is 2. The van der Waals surface area contributed by atoms with Crippen LogP contribution >= 0.6 is 0 Å². The van der Waals surface area contributed by atoms with Crippen LogP contribution in [0.3, 0.4) is 0 Å². The standard InChI is InChI=1S/C23H35NO5/c1-17(2)15-27-18(3)29-24-23(26)21(13-19-9-7-8-10-19)14-22(25)28-16-20-11-5-4-6-12-20/h4-6,11-12,17-19,21H,7-10,13-16H2,1-3H3,(H,24,26)/t18?,21-/m1/s1. The van der Waals surface area contributed by atoms with E-state index in [1.165, 1.54) is 12.8 Å². The first-order valence-corrected chi connectivity index (χ1v) is 10.7. The average molecular weight is 406 g/mol. The Balaban J connectivity index is 1.84. The number of hydrogen-bond acceptors (Lipinski definition) is 5. The zero-order chi connectivity index (χ0) is 21.1. The molecule has 6 heteroatoms. The average Bonchev–Trinajstić information content (AvgIpc) is 3.22. The van der Waals surface area contributed by atoms with Gasteiger partial charge in [0.05, 0.1) is 18.9 Å². The monoisotopic (exact) mass is 405 g/mol. The number of carbonyl (C=O) groups is 2. The molecule has 1 amide bonds. The number of nitrogens with one attached hydrogen (secondary N) is 1. The molecule has 162 valence electrons. The van der Waals surface area contributed by atoms with E-state index in [1.807, 2.05) is 44.2 Å². The van der Waals surface area contributed by atoms with E-state index in [1.54, 1.807) is 6.92 Å². The van der Waals surface area contributed by atoms with Crippen molar-refractivity contribution in [3.8, 4) is 0 Å². The molecule has 2 atom stereocenters. The Morgan fingerprint density at radius 3 is 2.45 bits per heavy atom. The summed E-state index contributed by atoms with van der Waals surface area (Å²) in [6.45, 7) is 6.60. The Hall–Kier alpha value is -1.92. The lowest BCUT2D eigenvalue weighted by atomic mass is 9.90. The van der Waals surface area contributed by atoms with Gasteiger partial charge < -0.3 is 9.47 Å². The lowest BCUT2D eigenvalue weighted by Crippen LogP contribution is -2.36. The first-order valence-electron chi connectivity index (χ1n) is 10.7. The summed E-state index contributed by atoms with van der Waals surface area (Å²) in [6.07, 6.45) is 4.78. The van der Waals surface area contributed by atoms with Crippen LogP contribution in [0.4, 0.5) is 0 Å². The summed E-state index contributed by atoms with van der Waals surface area (Å²) in [5, 5.41) is 0. The molecule has 0 saturated heterocycles. The summed E-state index contributed by atoms with van der Waals surface area (Å²) < 4.78 is 10.9. The topological polar surface area (TPSA) is 73.9 Å². The van der Waals surface area contributed by atoms with Gasteiger partial charge >= 0.3 is 5.97 Å². The van der Waals surface area contributed by atoms with Gasteiger partial charge in [-0.25, -0.2) is 10.3 Å². The Bertz CT molecular complexity index is 613. The Morgan fingerprint density at radius 2 is 1.79 bits per heavy atom. The van der Waals surface area contributed by atoms with Gasteiger partial charge in [0.15, 0.2) is 6.29 Å².